The molecule has 0 aromatic carbocycles. The van der Waals surface area contributed by atoms with Crippen molar-refractivity contribution >= 4 is 11.3 Å². The Hall–Kier alpha value is -1.62. The molecule has 0 spiro atoms. The highest BCUT2D eigenvalue weighted by Gasteiger charge is 2.21. The number of aliphatic hydroxyl groups is 1. The van der Waals surface area contributed by atoms with Crippen LogP contribution in [-0.2, 0) is 0 Å². The molecule has 1 aliphatic heterocycles. The Balaban J connectivity index is 1.94. The van der Waals surface area contributed by atoms with E-state index in [9.17, 15) is 5.11 Å². The normalized spacial score (nSPS) is 21.0. The van der Waals surface area contributed by atoms with Gasteiger partial charge in [0, 0.05) is 32.1 Å². The third-order valence-electron chi connectivity index (χ3n) is 3.38. The average molecular weight is 232 g/mol. The van der Waals surface area contributed by atoms with E-state index >= 15 is 0 Å². The molecule has 1 aliphatic rings. The van der Waals surface area contributed by atoms with E-state index in [1.54, 1.807) is 12.4 Å². The zero-order valence-corrected chi connectivity index (χ0v) is 9.66. The number of aromatic nitrogens is 3. The Bertz CT molecular complexity index is 510. The highest BCUT2D eigenvalue weighted by Crippen LogP contribution is 2.24. The second kappa shape index (κ2) is 4.33. The van der Waals surface area contributed by atoms with Gasteiger partial charge >= 0.3 is 0 Å². The fourth-order valence-electron chi connectivity index (χ4n) is 2.49. The maximum atomic E-state index is 9.26. The lowest BCUT2D eigenvalue weighted by atomic mass is 9.99. The van der Waals surface area contributed by atoms with E-state index in [1.165, 1.54) is 0 Å². The van der Waals surface area contributed by atoms with Crippen LogP contribution in [0.3, 0.4) is 0 Å². The monoisotopic (exact) mass is 232 g/mol. The third kappa shape index (κ3) is 1.86. The van der Waals surface area contributed by atoms with Crippen LogP contribution >= 0.6 is 0 Å². The van der Waals surface area contributed by atoms with Crippen LogP contribution in [0.5, 0.6) is 0 Å². The van der Waals surface area contributed by atoms with Crippen molar-refractivity contribution in [1.82, 2.24) is 14.6 Å². The van der Waals surface area contributed by atoms with E-state index in [0.29, 0.717) is 5.92 Å². The summed E-state index contributed by atoms with van der Waals surface area (Å²) >= 11 is 0. The minimum atomic E-state index is 0.263. The quantitative estimate of drug-likeness (QED) is 0.837. The van der Waals surface area contributed by atoms with Crippen molar-refractivity contribution in [2.45, 2.75) is 12.8 Å². The van der Waals surface area contributed by atoms with Crippen LogP contribution in [0.15, 0.2) is 24.7 Å². The molecule has 0 radical (unpaired) electrons. The largest absolute Gasteiger partial charge is 0.396 e. The van der Waals surface area contributed by atoms with Gasteiger partial charge in [-0.05, 0) is 24.8 Å². The zero-order chi connectivity index (χ0) is 11.7. The first kappa shape index (κ1) is 10.5. The molecule has 5 heteroatoms. The second-order valence-electron chi connectivity index (χ2n) is 4.55. The predicted molar refractivity (Wildman–Crippen MR) is 65.0 cm³/mol. The Morgan fingerprint density at radius 2 is 2.35 bits per heavy atom. The number of fused-ring (bicyclic) bond motifs is 1. The Morgan fingerprint density at radius 3 is 3.24 bits per heavy atom. The maximum Gasteiger partial charge on any atom is 0.154 e. The molecule has 0 amide bonds. The lowest BCUT2D eigenvalue weighted by Gasteiger charge is -2.32. The van der Waals surface area contributed by atoms with Crippen molar-refractivity contribution in [2.75, 3.05) is 24.6 Å². The van der Waals surface area contributed by atoms with Gasteiger partial charge in [-0.25, -0.2) is 9.50 Å². The number of hydrogen-bond donors (Lipinski definition) is 1. The summed E-state index contributed by atoms with van der Waals surface area (Å²) in [7, 11) is 0. The summed E-state index contributed by atoms with van der Waals surface area (Å²) in [4.78, 5) is 6.71. The molecule has 1 saturated heterocycles. The van der Waals surface area contributed by atoms with Crippen molar-refractivity contribution in [2.24, 2.45) is 5.92 Å². The molecule has 1 fully saturated rings. The lowest BCUT2D eigenvalue weighted by Crippen LogP contribution is -2.37. The molecule has 0 bridgehead atoms. The third-order valence-corrected chi connectivity index (χ3v) is 3.38. The summed E-state index contributed by atoms with van der Waals surface area (Å²) in [6.07, 6.45) is 7.63. The van der Waals surface area contributed by atoms with E-state index in [4.69, 9.17) is 0 Å². The van der Waals surface area contributed by atoms with Gasteiger partial charge in [0.1, 0.15) is 5.52 Å². The first-order valence-corrected chi connectivity index (χ1v) is 6.02. The van der Waals surface area contributed by atoms with Crippen LogP contribution in [-0.4, -0.2) is 39.4 Å². The Kier molecular flexibility index (Phi) is 2.68. The number of anilines is 1. The fraction of sp³-hybridized carbons (Fsp3) is 0.500. The summed E-state index contributed by atoms with van der Waals surface area (Å²) in [5, 5.41) is 13.5. The molecule has 1 unspecified atom stereocenters. The van der Waals surface area contributed by atoms with Gasteiger partial charge in [0.2, 0.25) is 0 Å². The summed E-state index contributed by atoms with van der Waals surface area (Å²) in [6, 6.07) is 1.98. The van der Waals surface area contributed by atoms with E-state index in [2.05, 4.69) is 15.0 Å². The van der Waals surface area contributed by atoms with Crippen LogP contribution in [0.1, 0.15) is 12.8 Å². The van der Waals surface area contributed by atoms with Crippen LogP contribution in [0.2, 0.25) is 0 Å². The second-order valence-corrected chi connectivity index (χ2v) is 4.55. The van der Waals surface area contributed by atoms with Gasteiger partial charge in [-0.15, -0.1) is 0 Å². The molecule has 17 heavy (non-hydrogen) atoms. The highest BCUT2D eigenvalue weighted by atomic mass is 16.3. The van der Waals surface area contributed by atoms with Crippen molar-refractivity contribution < 1.29 is 5.11 Å². The molecule has 2 aromatic heterocycles. The predicted octanol–water partition coefficient (Wildman–Crippen LogP) is 0.938. The van der Waals surface area contributed by atoms with Crippen molar-refractivity contribution in [1.29, 1.82) is 0 Å². The van der Waals surface area contributed by atoms with Crippen LogP contribution in [0, 0.1) is 5.92 Å². The van der Waals surface area contributed by atoms with Crippen molar-refractivity contribution in [3.63, 3.8) is 0 Å². The Morgan fingerprint density at radius 1 is 1.41 bits per heavy atom. The smallest absolute Gasteiger partial charge is 0.154 e. The van der Waals surface area contributed by atoms with Gasteiger partial charge in [0.25, 0.3) is 0 Å². The number of hydrogen-bond acceptors (Lipinski definition) is 4. The maximum absolute atomic E-state index is 9.26. The molecule has 2 aromatic rings. The fourth-order valence-corrected chi connectivity index (χ4v) is 2.49. The van der Waals surface area contributed by atoms with E-state index < -0.39 is 0 Å². The topological polar surface area (TPSA) is 53.7 Å². The standard InChI is InChI=1S/C12H16N4O/c17-9-10-2-1-6-15(8-10)12-11-3-4-14-16(11)7-5-13-12/h3-5,7,10,17H,1-2,6,8-9H2. The Labute approximate surface area is 99.7 Å². The molecule has 0 saturated carbocycles. The van der Waals surface area contributed by atoms with Crippen LogP contribution < -0.4 is 4.90 Å². The molecule has 3 heterocycles. The minimum Gasteiger partial charge on any atom is -0.396 e. The minimum absolute atomic E-state index is 0.263. The summed E-state index contributed by atoms with van der Waals surface area (Å²) in [5.74, 6) is 1.34. The van der Waals surface area contributed by atoms with Gasteiger partial charge in [-0.3, -0.25) is 0 Å². The SMILES string of the molecule is OCC1CCCN(c2nccn3nccc23)C1. The first-order valence-electron chi connectivity index (χ1n) is 6.02. The van der Waals surface area contributed by atoms with E-state index in [-0.39, 0.29) is 6.61 Å². The number of aliphatic hydroxyl groups excluding tert-OH is 1. The number of nitrogens with zero attached hydrogens (tertiary/aromatic N) is 4. The van der Waals surface area contributed by atoms with Crippen molar-refractivity contribution in [3.05, 3.63) is 24.7 Å². The number of piperidine rings is 1. The zero-order valence-electron chi connectivity index (χ0n) is 9.66. The van der Waals surface area contributed by atoms with Gasteiger partial charge in [-0.1, -0.05) is 0 Å². The van der Waals surface area contributed by atoms with Gasteiger partial charge in [0.05, 0.1) is 6.20 Å². The molecule has 1 atom stereocenters. The van der Waals surface area contributed by atoms with Crippen LogP contribution in [0.4, 0.5) is 5.82 Å². The first-order chi connectivity index (χ1) is 8.38. The molecule has 90 valence electrons. The average Bonchev–Trinajstić information content (AvgIpc) is 2.87. The molecule has 3 rings (SSSR count). The molecule has 0 aliphatic carbocycles. The van der Waals surface area contributed by atoms with Gasteiger partial charge in [-0.2, -0.15) is 5.10 Å². The van der Waals surface area contributed by atoms with Gasteiger partial charge in [0.15, 0.2) is 5.82 Å². The molecular formula is C12H16N4O. The summed E-state index contributed by atoms with van der Waals surface area (Å²) < 4.78 is 1.84. The number of rotatable bonds is 2. The lowest BCUT2D eigenvalue weighted by molar-refractivity contribution is 0.208. The van der Waals surface area contributed by atoms with E-state index in [0.717, 1.165) is 37.3 Å². The molecule has 5 nitrogen and oxygen atoms in total. The van der Waals surface area contributed by atoms with Gasteiger partial charge < -0.3 is 10.0 Å². The van der Waals surface area contributed by atoms with E-state index in [1.807, 2.05) is 16.8 Å². The molecular weight excluding hydrogens is 216 g/mol. The molecule has 1 N–H and O–H groups in total. The summed E-state index contributed by atoms with van der Waals surface area (Å²) in [6.45, 7) is 2.15. The van der Waals surface area contributed by atoms with Crippen LogP contribution in [0.25, 0.3) is 5.52 Å². The summed E-state index contributed by atoms with van der Waals surface area (Å²) in [5.41, 5.74) is 1.03. The van der Waals surface area contributed by atoms with Crippen molar-refractivity contribution in [3.8, 4) is 0 Å². The highest BCUT2D eigenvalue weighted by molar-refractivity contribution is 5.68.